The zero-order valence-electron chi connectivity index (χ0n) is 15.8. The maximum atomic E-state index is 12.1. The highest BCUT2D eigenvalue weighted by Gasteiger charge is 2.19. The van der Waals surface area contributed by atoms with Crippen molar-refractivity contribution in [2.24, 2.45) is 0 Å². The summed E-state index contributed by atoms with van der Waals surface area (Å²) >= 11 is 1.26. The Morgan fingerprint density at radius 2 is 2.21 bits per heavy atom. The van der Waals surface area contributed by atoms with Crippen LogP contribution in [0.5, 0.6) is 5.75 Å². The van der Waals surface area contributed by atoms with Gasteiger partial charge in [-0.15, -0.1) is 5.10 Å². The molecule has 1 saturated heterocycles. The van der Waals surface area contributed by atoms with Crippen LogP contribution in [0, 0.1) is 0 Å². The first-order chi connectivity index (χ1) is 13.7. The molecule has 3 rings (SSSR count). The molecule has 1 aromatic carbocycles. The van der Waals surface area contributed by atoms with Crippen LogP contribution in [0.15, 0.2) is 29.4 Å². The summed E-state index contributed by atoms with van der Waals surface area (Å²) in [6.45, 7) is 4.51. The molecule has 2 aromatic rings. The summed E-state index contributed by atoms with van der Waals surface area (Å²) in [5, 5.41) is 15.1. The predicted octanol–water partition coefficient (Wildman–Crippen LogP) is 1.28. The molecule has 28 heavy (non-hydrogen) atoms. The number of aromatic nitrogens is 4. The van der Waals surface area contributed by atoms with Crippen LogP contribution in [0.25, 0.3) is 5.69 Å². The molecule has 1 fully saturated rings. The van der Waals surface area contributed by atoms with Crippen molar-refractivity contribution < 1.29 is 14.3 Å². The first-order valence-corrected chi connectivity index (χ1v) is 10.4. The average Bonchev–Trinajstić information content (AvgIpc) is 3.33. The number of hydrogen-bond donors (Lipinski definition) is 1. The van der Waals surface area contributed by atoms with Gasteiger partial charge in [-0.2, -0.15) is 4.68 Å². The van der Waals surface area contributed by atoms with Crippen molar-refractivity contribution in [2.75, 3.05) is 32.0 Å². The molecular formula is C18H24N6O3S. The second-order valence-electron chi connectivity index (χ2n) is 6.25. The fourth-order valence-electron chi connectivity index (χ4n) is 2.95. The number of thioether (sulfide) groups is 1. The zero-order valence-corrected chi connectivity index (χ0v) is 16.7. The maximum Gasteiger partial charge on any atom is 0.230 e. The standard InChI is InChI=1S/C18H24N6O3S/c1-2-27-15-8-4-3-7-14(15)24-18(20-21-22-24)28-13-16(25)19-10-6-12-23-11-5-9-17(23)26/h3-4,7-8H,2,5-6,9-13H2,1H3,(H,19,25). The molecule has 0 spiro atoms. The van der Waals surface area contributed by atoms with Gasteiger partial charge in [0.15, 0.2) is 0 Å². The molecule has 10 heteroatoms. The van der Waals surface area contributed by atoms with Crippen LogP contribution in [0.4, 0.5) is 0 Å². The van der Waals surface area contributed by atoms with E-state index in [0.29, 0.717) is 37.0 Å². The van der Waals surface area contributed by atoms with E-state index in [9.17, 15) is 9.59 Å². The Balaban J connectivity index is 1.47. The highest BCUT2D eigenvalue weighted by atomic mass is 32.2. The van der Waals surface area contributed by atoms with Crippen molar-refractivity contribution in [3.05, 3.63) is 24.3 Å². The number of carbonyl (C=O) groups is 2. The Morgan fingerprint density at radius 1 is 1.36 bits per heavy atom. The van der Waals surface area contributed by atoms with Gasteiger partial charge in [0.25, 0.3) is 0 Å². The van der Waals surface area contributed by atoms with Gasteiger partial charge >= 0.3 is 0 Å². The molecule has 0 aliphatic carbocycles. The van der Waals surface area contributed by atoms with Crippen LogP contribution in [0.1, 0.15) is 26.2 Å². The van der Waals surface area contributed by atoms with E-state index in [4.69, 9.17) is 4.74 Å². The average molecular weight is 404 g/mol. The molecule has 0 bridgehead atoms. The number of tetrazole rings is 1. The third-order valence-electron chi connectivity index (χ3n) is 4.26. The summed E-state index contributed by atoms with van der Waals surface area (Å²) in [5.74, 6) is 1.01. The number of hydrogen-bond acceptors (Lipinski definition) is 7. The molecule has 1 aliphatic rings. The van der Waals surface area contributed by atoms with Crippen LogP contribution in [-0.4, -0.2) is 68.9 Å². The van der Waals surface area contributed by atoms with Gasteiger partial charge in [-0.3, -0.25) is 9.59 Å². The molecule has 0 saturated carbocycles. The monoisotopic (exact) mass is 404 g/mol. The smallest absolute Gasteiger partial charge is 0.230 e. The van der Waals surface area contributed by atoms with E-state index >= 15 is 0 Å². The number of ether oxygens (including phenoxy) is 1. The number of rotatable bonds is 10. The van der Waals surface area contributed by atoms with E-state index in [-0.39, 0.29) is 17.6 Å². The second-order valence-corrected chi connectivity index (χ2v) is 7.19. The van der Waals surface area contributed by atoms with Crippen molar-refractivity contribution in [3.63, 3.8) is 0 Å². The lowest BCUT2D eigenvalue weighted by molar-refractivity contribution is -0.127. The number of nitrogens with one attached hydrogen (secondary N) is 1. The van der Waals surface area contributed by atoms with Gasteiger partial charge in [0, 0.05) is 26.1 Å². The highest BCUT2D eigenvalue weighted by Crippen LogP contribution is 2.25. The fraction of sp³-hybridized carbons (Fsp3) is 0.500. The van der Waals surface area contributed by atoms with Gasteiger partial charge in [-0.05, 0) is 42.3 Å². The van der Waals surface area contributed by atoms with Crippen LogP contribution in [-0.2, 0) is 9.59 Å². The van der Waals surface area contributed by atoms with Crippen LogP contribution >= 0.6 is 11.8 Å². The second kappa shape index (κ2) is 10.1. The van der Waals surface area contributed by atoms with E-state index in [1.54, 1.807) is 4.68 Å². The third-order valence-corrected chi connectivity index (χ3v) is 5.18. The van der Waals surface area contributed by atoms with Gasteiger partial charge in [0.2, 0.25) is 17.0 Å². The van der Waals surface area contributed by atoms with E-state index in [2.05, 4.69) is 20.8 Å². The minimum atomic E-state index is -0.0922. The first-order valence-electron chi connectivity index (χ1n) is 9.37. The number of nitrogens with zero attached hydrogens (tertiary/aromatic N) is 5. The quantitative estimate of drug-likeness (QED) is 0.470. The summed E-state index contributed by atoms with van der Waals surface area (Å²) < 4.78 is 7.20. The fourth-order valence-corrected chi connectivity index (χ4v) is 3.66. The van der Waals surface area contributed by atoms with Crippen molar-refractivity contribution >= 4 is 23.6 Å². The molecule has 0 atom stereocenters. The normalized spacial score (nSPS) is 13.8. The van der Waals surface area contributed by atoms with Crippen LogP contribution in [0.2, 0.25) is 0 Å². The lowest BCUT2D eigenvalue weighted by Gasteiger charge is -2.15. The molecule has 1 aliphatic heterocycles. The molecule has 0 unspecified atom stereocenters. The molecule has 0 radical (unpaired) electrons. The van der Waals surface area contributed by atoms with Crippen LogP contribution < -0.4 is 10.1 Å². The zero-order chi connectivity index (χ0) is 19.8. The Hall–Kier alpha value is -2.62. The summed E-state index contributed by atoms with van der Waals surface area (Å²) in [5.41, 5.74) is 0.729. The van der Waals surface area contributed by atoms with Gasteiger partial charge in [0.05, 0.1) is 12.4 Å². The van der Waals surface area contributed by atoms with Gasteiger partial charge < -0.3 is 15.0 Å². The molecule has 2 amide bonds. The molecule has 1 N–H and O–H groups in total. The van der Waals surface area contributed by atoms with E-state index in [1.165, 1.54) is 11.8 Å². The van der Waals surface area contributed by atoms with E-state index in [0.717, 1.165) is 25.1 Å². The number of para-hydroxylation sites is 2. The van der Waals surface area contributed by atoms with E-state index < -0.39 is 0 Å². The molecule has 2 heterocycles. The Bertz CT molecular complexity index is 812. The maximum absolute atomic E-state index is 12.1. The Kier molecular flexibility index (Phi) is 7.24. The van der Waals surface area contributed by atoms with Gasteiger partial charge in [-0.25, -0.2) is 0 Å². The number of amides is 2. The number of likely N-dealkylation sites (tertiary alicyclic amines) is 1. The largest absolute Gasteiger partial charge is 0.492 e. The summed E-state index contributed by atoms with van der Waals surface area (Å²) in [6, 6.07) is 7.48. The van der Waals surface area contributed by atoms with Crippen molar-refractivity contribution in [2.45, 2.75) is 31.3 Å². The Morgan fingerprint density at radius 3 is 3.00 bits per heavy atom. The molecule has 9 nitrogen and oxygen atoms in total. The summed E-state index contributed by atoms with van der Waals surface area (Å²) in [4.78, 5) is 25.5. The van der Waals surface area contributed by atoms with Crippen molar-refractivity contribution in [3.8, 4) is 11.4 Å². The molecule has 150 valence electrons. The molecule has 1 aromatic heterocycles. The SMILES string of the molecule is CCOc1ccccc1-n1nnnc1SCC(=O)NCCCN1CCCC1=O. The van der Waals surface area contributed by atoms with Gasteiger partial charge in [-0.1, -0.05) is 23.9 Å². The lowest BCUT2D eigenvalue weighted by Crippen LogP contribution is -2.31. The highest BCUT2D eigenvalue weighted by molar-refractivity contribution is 7.99. The predicted molar refractivity (Wildman–Crippen MR) is 104 cm³/mol. The topological polar surface area (TPSA) is 102 Å². The number of benzene rings is 1. The number of carbonyl (C=O) groups excluding carboxylic acids is 2. The summed E-state index contributed by atoms with van der Waals surface area (Å²) in [6.07, 6.45) is 2.33. The van der Waals surface area contributed by atoms with Crippen molar-refractivity contribution in [1.82, 2.24) is 30.4 Å². The van der Waals surface area contributed by atoms with Crippen molar-refractivity contribution in [1.29, 1.82) is 0 Å². The van der Waals surface area contributed by atoms with Gasteiger partial charge in [0.1, 0.15) is 11.4 Å². The Labute approximate surface area is 167 Å². The van der Waals surface area contributed by atoms with Crippen LogP contribution in [0.3, 0.4) is 0 Å². The van der Waals surface area contributed by atoms with E-state index in [1.807, 2.05) is 36.1 Å². The lowest BCUT2D eigenvalue weighted by atomic mass is 10.3. The minimum Gasteiger partial charge on any atom is -0.492 e. The first kappa shape index (κ1) is 20.1. The third kappa shape index (κ3) is 5.22. The minimum absolute atomic E-state index is 0.0922. The molecular weight excluding hydrogens is 380 g/mol. The summed E-state index contributed by atoms with van der Waals surface area (Å²) in [7, 11) is 0.